The average molecular weight is 308 g/mol. The van der Waals surface area contributed by atoms with Crippen LogP contribution in [0.1, 0.15) is 15.9 Å². The first-order valence-corrected chi connectivity index (χ1v) is 6.07. The first-order valence-electron chi connectivity index (χ1n) is 6.07. The molecule has 0 heterocycles. The van der Waals surface area contributed by atoms with Crippen molar-refractivity contribution in [2.24, 2.45) is 0 Å². The quantitative estimate of drug-likeness (QED) is 0.670. The molecule has 0 fully saturated rings. The molecule has 2 rings (SSSR count). The van der Waals surface area contributed by atoms with Gasteiger partial charge in [0.25, 0.3) is 11.6 Å². The minimum absolute atomic E-state index is 0.111. The molecule has 6 nitrogen and oxygen atoms in total. The predicted molar refractivity (Wildman–Crippen MR) is 72.3 cm³/mol. The molecule has 22 heavy (non-hydrogen) atoms. The van der Waals surface area contributed by atoms with E-state index in [9.17, 15) is 28.8 Å². The number of hydrogen-bond donors (Lipinski definition) is 2. The van der Waals surface area contributed by atoms with Crippen molar-refractivity contribution in [3.8, 4) is 5.75 Å². The first-order chi connectivity index (χ1) is 10.4. The third-order valence-electron chi connectivity index (χ3n) is 2.84. The normalized spacial score (nSPS) is 10.3. The molecular formula is C14H10F2N2O4. The Morgan fingerprint density at radius 3 is 2.41 bits per heavy atom. The molecule has 0 unspecified atom stereocenters. The van der Waals surface area contributed by atoms with E-state index in [2.05, 4.69) is 5.32 Å². The van der Waals surface area contributed by atoms with Crippen LogP contribution in [-0.2, 0) is 6.54 Å². The number of non-ortho nitro benzene ring substituents is 1. The van der Waals surface area contributed by atoms with E-state index < -0.39 is 22.5 Å². The fraction of sp³-hybridized carbons (Fsp3) is 0.0714. The smallest absolute Gasteiger partial charge is 0.270 e. The molecule has 0 aromatic heterocycles. The number of carbonyl (C=O) groups is 1. The number of nitrogens with zero attached hydrogens (tertiary/aromatic N) is 1. The summed E-state index contributed by atoms with van der Waals surface area (Å²) in [6.45, 7) is -0.232. The van der Waals surface area contributed by atoms with Crippen LogP contribution in [0, 0.1) is 21.7 Å². The highest BCUT2D eigenvalue weighted by molar-refractivity contribution is 5.94. The van der Waals surface area contributed by atoms with E-state index in [4.69, 9.17) is 0 Å². The van der Waals surface area contributed by atoms with Gasteiger partial charge in [0.1, 0.15) is 17.4 Å². The van der Waals surface area contributed by atoms with Gasteiger partial charge >= 0.3 is 0 Å². The molecule has 0 spiro atoms. The molecule has 1 amide bonds. The second-order valence-electron chi connectivity index (χ2n) is 4.41. The summed E-state index contributed by atoms with van der Waals surface area (Å²) in [6.07, 6.45) is 0. The Labute approximate surface area is 123 Å². The maximum Gasteiger partial charge on any atom is 0.270 e. The lowest BCUT2D eigenvalue weighted by molar-refractivity contribution is -0.384. The van der Waals surface area contributed by atoms with Crippen molar-refractivity contribution in [3.63, 3.8) is 0 Å². The number of phenolic OH excluding ortho intramolecular Hbond substituents is 1. The first kappa shape index (κ1) is 15.4. The van der Waals surface area contributed by atoms with Crippen LogP contribution in [0.15, 0.2) is 36.4 Å². The number of hydrogen-bond acceptors (Lipinski definition) is 4. The summed E-state index contributed by atoms with van der Waals surface area (Å²) in [7, 11) is 0. The van der Waals surface area contributed by atoms with Crippen LogP contribution in [0.2, 0.25) is 0 Å². The summed E-state index contributed by atoms with van der Waals surface area (Å²) in [4.78, 5) is 21.8. The second kappa shape index (κ2) is 6.17. The van der Waals surface area contributed by atoms with Crippen LogP contribution in [-0.4, -0.2) is 15.9 Å². The molecular weight excluding hydrogens is 298 g/mol. The molecule has 0 saturated carbocycles. The van der Waals surface area contributed by atoms with Gasteiger partial charge in [-0.15, -0.1) is 0 Å². The van der Waals surface area contributed by atoms with E-state index in [0.717, 1.165) is 30.3 Å². The van der Waals surface area contributed by atoms with Gasteiger partial charge in [-0.1, -0.05) is 0 Å². The third kappa shape index (κ3) is 3.54. The van der Waals surface area contributed by atoms with Crippen LogP contribution in [0.25, 0.3) is 0 Å². The number of rotatable bonds is 4. The molecule has 114 valence electrons. The zero-order chi connectivity index (χ0) is 16.3. The lowest BCUT2D eigenvalue weighted by Gasteiger charge is -2.07. The molecule has 0 aliphatic carbocycles. The lowest BCUT2D eigenvalue weighted by Crippen LogP contribution is -2.23. The van der Waals surface area contributed by atoms with Crippen molar-refractivity contribution in [1.82, 2.24) is 5.32 Å². The maximum absolute atomic E-state index is 13.0. The van der Waals surface area contributed by atoms with Gasteiger partial charge in [-0.3, -0.25) is 14.9 Å². The van der Waals surface area contributed by atoms with Crippen LogP contribution in [0.5, 0.6) is 5.75 Å². The number of phenols is 1. The summed E-state index contributed by atoms with van der Waals surface area (Å²) >= 11 is 0. The Morgan fingerprint density at radius 2 is 1.82 bits per heavy atom. The zero-order valence-electron chi connectivity index (χ0n) is 11.0. The SMILES string of the molecule is O=C(NCc1cc([N+](=O)[O-])ccc1O)c1cc(F)cc(F)c1. The number of benzene rings is 2. The van der Waals surface area contributed by atoms with Crippen molar-refractivity contribution >= 4 is 11.6 Å². The summed E-state index contributed by atoms with van der Waals surface area (Å²) in [6, 6.07) is 5.67. The van der Waals surface area contributed by atoms with Gasteiger partial charge in [0.15, 0.2) is 0 Å². The summed E-state index contributed by atoms with van der Waals surface area (Å²) in [5.74, 6) is -2.81. The van der Waals surface area contributed by atoms with Crippen molar-refractivity contribution in [2.75, 3.05) is 0 Å². The van der Waals surface area contributed by atoms with E-state index >= 15 is 0 Å². The van der Waals surface area contributed by atoms with E-state index in [0.29, 0.717) is 6.07 Å². The molecule has 8 heteroatoms. The number of carbonyl (C=O) groups excluding carboxylic acids is 1. The molecule has 0 aliphatic heterocycles. The highest BCUT2D eigenvalue weighted by Gasteiger charge is 2.13. The van der Waals surface area contributed by atoms with E-state index in [-0.39, 0.29) is 29.1 Å². The van der Waals surface area contributed by atoms with E-state index in [1.807, 2.05) is 0 Å². The van der Waals surface area contributed by atoms with Crippen molar-refractivity contribution in [2.45, 2.75) is 6.54 Å². The molecule has 0 aliphatic rings. The van der Waals surface area contributed by atoms with Crippen LogP contribution in [0.3, 0.4) is 0 Å². The van der Waals surface area contributed by atoms with Crippen molar-refractivity contribution in [1.29, 1.82) is 0 Å². The number of nitro groups is 1. The lowest BCUT2D eigenvalue weighted by atomic mass is 10.1. The second-order valence-corrected chi connectivity index (χ2v) is 4.41. The largest absolute Gasteiger partial charge is 0.508 e. The number of nitrogens with one attached hydrogen (secondary N) is 1. The monoisotopic (exact) mass is 308 g/mol. The Kier molecular flexibility index (Phi) is 4.31. The number of nitro benzene ring substituents is 1. The van der Waals surface area contributed by atoms with Gasteiger partial charge in [0.05, 0.1) is 4.92 Å². The topological polar surface area (TPSA) is 92.5 Å². The number of aromatic hydroxyl groups is 1. The zero-order valence-corrected chi connectivity index (χ0v) is 11.0. The Balaban J connectivity index is 2.14. The van der Waals surface area contributed by atoms with Gasteiger partial charge in [-0.25, -0.2) is 8.78 Å². The van der Waals surface area contributed by atoms with Crippen molar-refractivity contribution in [3.05, 3.63) is 69.3 Å². The van der Waals surface area contributed by atoms with Gasteiger partial charge in [0.2, 0.25) is 0 Å². The minimum atomic E-state index is -0.900. The van der Waals surface area contributed by atoms with Crippen LogP contribution in [0.4, 0.5) is 14.5 Å². The van der Waals surface area contributed by atoms with Crippen molar-refractivity contribution < 1.29 is 23.6 Å². The standard InChI is InChI=1S/C14H10F2N2O4/c15-10-3-8(4-11(16)6-10)14(20)17-7-9-5-12(18(21)22)1-2-13(9)19/h1-6,19H,7H2,(H,17,20). The Morgan fingerprint density at radius 1 is 1.18 bits per heavy atom. The predicted octanol–water partition coefficient (Wildman–Crippen LogP) is 2.51. The highest BCUT2D eigenvalue weighted by Crippen LogP contribution is 2.22. The summed E-state index contributed by atoms with van der Waals surface area (Å²) in [5, 5.41) is 22.6. The van der Waals surface area contributed by atoms with Gasteiger partial charge in [0, 0.05) is 35.9 Å². The minimum Gasteiger partial charge on any atom is -0.508 e. The molecule has 2 aromatic rings. The van der Waals surface area contributed by atoms with Gasteiger partial charge in [-0.05, 0) is 18.2 Å². The highest BCUT2D eigenvalue weighted by atomic mass is 19.1. The van der Waals surface area contributed by atoms with Gasteiger partial charge in [-0.2, -0.15) is 0 Å². The summed E-state index contributed by atoms with van der Waals surface area (Å²) < 4.78 is 26.0. The number of amides is 1. The number of halogens is 2. The average Bonchev–Trinajstić information content (AvgIpc) is 2.44. The maximum atomic E-state index is 13.0. The molecule has 0 saturated heterocycles. The van der Waals surface area contributed by atoms with E-state index in [1.54, 1.807) is 0 Å². The Hall–Kier alpha value is -3.03. The Bertz CT molecular complexity index is 729. The molecule has 0 bridgehead atoms. The molecule has 0 radical (unpaired) electrons. The van der Waals surface area contributed by atoms with Gasteiger partial charge < -0.3 is 10.4 Å². The molecule has 2 aromatic carbocycles. The molecule has 2 N–H and O–H groups in total. The molecule has 0 atom stereocenters. The van der Waals surface area contributed by atoms with E-state index in [1.165, 1.54) is 0 Å². The third-order valence-corrected chi connectivity index (χ3v) is 2.84. The fourth-order valence-electron chi connectivity index (χ4n) is 1.79. The summed E-state index contributed by atoms with van der Waals surface area (Å²) in [5.41, 5.74) is -0.374. The fourth-order valence-corrected chi connectivity index (χ4v) is 1.79. The van der Waals surface area contributed by atoms with Crippen LogP contribution >= 0.6 is 0 Å². The van der Waals surface area contributed by atoms with Crippen LogP contribution < -0.4 is 5.32 Å².